The molecule has 0 radical (unpaired) electrons. The molecule has 1 aliphatic rings. The number of unbranched alkanes of at least 4 members (excludes halogenated alkanes) is 34. The zero-order chi connectivity index (χ0) is 34.4. The summed E-state index contributed by atoms with van der Waals surface area (Å²) < 4.78 is 0. The zero-order valence-electron chi connectivity index (χ0n) is 33.9. The van der Waals surface area contributed by atoms with E-state index in [-0.39, 0.29) is 0 Å². The summed E-state index contributed by atoms with van der Waals surface area (Å²) in [5.41, 5.74) is 0. The van der Waals surface area contributed by atoms with E-state index in [0.29, 0.717) is 6.17 Å². The van der Waals surface area contributed by atoms with Gasteiger partial charge in [0.1, 0.15) is 6.17 Å². The number of rotatable bonds is 40. The maximum Gasteiger partial charge on any atom is 0.101 e. The van der Waals surface area contributed by atoms with Crippen molar-refractivity contribution in [3.8, 4) is 0 Å². The van der Waals surface area contributed by atoms with Crippen LogP contribution in [0.15, 0.2) is 12.4 Å². The largest absolute Gasteiger partial charge is 0.356 e. The number of nitrogens with zero attached hydrogens (tertiary/aromatic N) is 2. The standard InChI is InChI=1S/C46H92N2/c1-4-7-10-13-16-18-20-22-24-25-27-29-31-34-37-40-43-48-45-44-47(42-39-36-33-15-12-9-6-3)46(48)41-38-35-32-30-28-26-23-21-19-17-14-11-8-5-2/h44-46H,4-43H2,1-3H3. The van der Waals surface area contributed by atoms with Crippen LogP contribution in [0.4, 0.5) is 0 Å². The molecular formula is C46H92N2. The van der Waals surface area contributed by atoms with Crippen LogP contribution < -0.4 is 0 Å². The first-order chi connectivity index (χ1) is 23.8. The Morgan fingerprint density at radius 3 is 0.729 bits per heavy atom. The molecule has 0 aromatic carbocycles. The zero-order valence-corrected chi connectivity index (χ0v) is 33.9. The van der Waals surface area contributed by atoms with Crippen LogP contribution in [-0.4, -0.2) is 29.1 Å². The minimum absolute atomic E-state index is 0.638. The molecule has 1 atom stereocenters. The minimum Gasteiger partial charge on any atom is -0.356 e. The van der Waals surface area contributed by atoms with Crippen LogP contribution >= 0.6 is 0 Å². The molecule has 0 fully saturated rings. The molecule has 0 N–H and O–H groups in total. The van der Waals surface area contributed by atoms with Gasteiger partial charge in [-0.15, -0.1) is 0 Å². The third-order valence-electron chi connectivity index (χ3n) is 11.3. The average Bonchev–Trinajstić information content (AvgIpc) is 3.48. The molecule has 0 aromatic heterocycles. The summed E-state index contributed by atoms with van der Waals surface area (Å²) >= 11 is 0. The van der Waals surface area contributed by atoms with Crippen LogP contribution in [0.25, 0.3) is 0 Å². The first-order valence-corrected chi connectivity index (χ1v) is 23.0. The lowest BCUT2D eigenvalue weighted by atomic mass is 10.0. The smallest absolute Gasteiger partial charge is 0.101 e. The van der Waals surface area contributed by atoms with E-state index in [1.54, 1.807) is 0 Å². The summed E-state index contributed by atoms with van der Waals surface area (Å²) in [5, 5.41) is 0. The Morgan fingerprint density at radius 1 is 0.271 bits per heavy atom. The molecule has 0 bridgehead atoms. The molecule has 0 saturated heterocycles. The van der Waals surface area contributed by atoms with Gasteiger partial charge in [0.15, 0.2) is 0 Å². The summed E-state index contributed by atoms with van der Waals surface area (Å²) in [6.45, 7) is 9.49. The molecular weight excluding hydrogens is 581 g/mol. The van der Waals surface area contributed by atoms with Crippen molar-refractivity contribution in [1.82, 2.24) is 9.80 Å². The van der Waals surface area contributed by atoms with E-state index in [4.69, 9.17) is 0 Å². The summed E-state index contributed by atoms with van der Waals surface area (Å²) in [7, 11) is 0. The lowest BCUT2D eigenvalue weighted by Gasteiger charge is -2.33. The van der Waals surface area contributed by atoms with Crippen molar-refractivity contribution in [1.29, 1.82) is 0 Å². The maximum atomic E-state index is 2.73. The molecule has 48 heavy (non-hydrogen) atoms. The molecule has 2 heteroatoms. The van der Waals surface area contributed by atoms with Gasteiger partial charge in [-0.3, -0.25) is 0 Å². The maximum absolute atomic E-state index is 2.73. The van der Waals surface area contributed by atoms with Crippen LogP contribution in [0.2, 0.25) is 0 Å². The van der Waals surface area contributed by atoms with Crippen LogP contribution in [0, 0.1) is 0 Å². The van der Waals surface area contributed by atoms with Gasteiger partial charge in [-0.2, -0.15) is 0 Å². The molecule has 0 aromatic rings. The predicted molar refractivity (Wildman–Crippen MR) is 219 cm³/mol. The van der Waals surface area contributed by atoms with Gasteiger partial charge >= 0.3 is 0 Å². The second-order valence-corrected chi connectivity index (χ2v) is 16.1. The SMILES string of the molecule is CCCCCCCCCCCCCCCCCCN1C=CN(CCCCCCCCC)C1CCCCCCCCCCCCCCCC. The summed E-state index contributed by atoms with van der Waals surface area (Å²) in [6.07, 6.45) is 60.4. The van der Waals surface area contributed by atoms with Crippen LogP contribution in [0.5, 0.6) is 0 Å². The third kappa shape index (κ3) is 29.1. The van der Waals surface area contributed by atoms with Crippen LogP contribution in [-0.2, 0) is 0 Å². The first-order valence-electron chi connectivity index (χ1n) is 23.0. The second-order valence-electron chi connectivity index (χ2n) is 16.1. The van der Waals surface area contributed by atoms with E-state index in [1.165, 1.54) is 257 Å². The lowest BCUT2D eigenvalue weighted by Crippen LogP contribution is -2.39. The average molecular weight is 673 g/mol. The lowest BCUT2D eigenvalue weighted by molar-refractivity contribution is 0.135. The Bertz CT molecular complexity index is 630. The third-order valence-corrected chi connectivity index (χ3v) is 11.3. The molecule has 2 nitrogen and oxygen atoms in total. The van der Waals surface area contributed by atoms with Gasteiger partial charge in [-0.25, -0.2) is 0 Å². The molecule has 1 unspecified atom stereocenters. The van der Waals surface area contributed by atoms with Crippen molar-refractivity contribution < 1.29 is 0 Å². The van der Waals surface area contributed by atoms with E-state index < -0.39 is 0 Å². The summed E-state index contributed by atoms with van der Waals surface area (Å²) in [4.78, 5) is 5.45. The van der Waals surface area contributed by atoms with Gasteiger partial charge in [0.05, 0.1) is 0 Å². The molecule has 0 amide bonds. The quantitative estimate of drug-likeness (QED) is 0.0598. The molecule has 1 aliphatic heterocycles. The highest BCUT2D eigenvalue weighted by Crippen LogP contribution is 2.24. The van der Waals surface area contributed by atoms with Crippen molar-refractivity contribution in [3.05, 3.63) is 12.4 Å². The van der Waals surface area contributed by atoms with Crippen molar-refractivity contribution in [3.63, 3.8) is 0 Å². The van der Waals surface area contributed by atoms with Crippen LogP contribution in [0.3, 0.4) is 0 Å². The second kappa shape index (κ2) is 37.6. The van der Waals surface area contributed by atoms with Crippen molar-refractivity contribution >= 4 is 0 Å². The van der Waals surface area contributed by atoms with E-state index in [9.17, 15) is 0 Å². The predicted octanol–water partition coefficient (Wildman–Crippen LogP) is 16.3. The normalized spacial score (nSPS) is 14.6. The number of hydrogen-bond donors (Lipinski definition) is 0. The monoisotopic (exact) mass is 673 g/mol. The van der Waals surface area contributed by atoms with Crippen molar-refractivity contribution in [2.45, 2.75) is 271 Å². The molecule has 1 rings (SSSR count). The fourth-order valence-electron chi connectivity index (χ4n) is 7.95. The molecule has 0 aliphatic carbocycles. The van der Waals surface area contributed by atoms with E-state index in [0.717, 1.165) is 0 Å². The highest BCUT2D eigenvalue weighted by atomic mass is 15.4. The Hall–Kier alpha value is -0.660. The van der Waals surface area contributed by atoms with Gasteiger partial charge in [-0.1, -0.05) is 239 Å². The fourth-order valence-corrected chi connectivity index (χ4v) is 7.95. The molecule has 286 valence electrons. The van der Waals surface area contributed by atoms with E-state index in [2.05, 4.69) is 43.0 Å². The number of hydrogen-bond acceptors (Lipinski definition) is 2. The Labute approximate surface area is 305 Å². The summed E-state index contributed by atoms with van der Waals surface area (Å²) in [6, 6.07) is 0. The van der Waals surface area contributed by atoms with Gasteiger partial charge in [-0.05, 0) is 25.7 Å². The Morgan fingerprint density at radius 2 is 0.479 bits per heavy atom. The van der Waals surface area contributed by atoms with Crippen molar-refractivity contribution in [2.24, 2.45) is 0 Å². The molecule has 0 saturated carbocycles. The van der Waals surface area contributed by atoms with Crippen LogP contribution in [0.1, 0.15) is 265 Å². The molecule has 0 spiro atoms. The molecule has 1 heterocycles. The highest BCUT2D eigenvalue weighted by Gasteiger charge is 2.24. The first kappa shape index (κ1) is 45.4. The Kier molecular flexibility index (Phi) is 35.5. The van der Waals surface area contributed by atoms with Gasteiger partial charge < -0.3 is 9.80 Å². The highest BCUT2D eigenvalue weighted by molar-refractivity contribution is 4.97. The Balaban J connectivity index is 2.15. The topological polar surface area (TPSA) is 6.48 Å². The van der Waals surface area contributed by atoms with Gasteiger partial charge in [0.25, 0.3) is 0 Å². The van der Waals surface area contributed by atoms with E-state index in [1.807, 2.05) is 0 Å². The van der Waals surface area contributed by atoms with E-state index >= 15 is 0 Å². The van der Waals surface area contributed by atoms with Gasteiger partial charge in [0, 0.05) is 25.5 Å². The summed E-state index contributed by atoms with van der Waals surface area (Å²) in [5.74, 6) is 0. The van der Waals surface area contributed by atoms with Gasteiger partial charge in [0.2, 0.25) is 0 Å². The van der Waals surface area contributed by atoms with Crippen molar-refractivity contribution in [2.75, 3.05) is 13.1 Å². The minimum atomic E-state index is 0.638. The fraction of sp³-hybridized carbons (Fsp3) is 0.957.